The van der Waals surface area contributed by atoms with Crippen molar-refractivity contribution in [1.29, 1.82) is 0 Å². The van der Waals surface area contributed by atoms with Crippen LogP contribution in [0.3, 0.4) is 0 Å². The molecule has 31 heavy (non-hydrogen) atoms. The van der Waals surface area contributed by atoms with E-state index >= 15 is 0 Å². The monoisotopic (exact) mass is 454 g/mol. The van der Waals surface area contributed by atoms with Gasteiger partial charge in [-0.3, -0.25) is 19.2 Å². The van der Waals surface area contributed by atoms with Gasteiger partial charge in [0, 0.05) is 12.2 Å². The fraction of sp³-hybridized carbons (Fsp3) is 0.421. The molecular formula is C19H26N4O7S. The molecule has 1 aromatic rings. The number of carbonyl (C=O) groups is 5. The van der Waals surface area contributed by atoms with Gasteiger partial charge in [0.2, 0.25) is 17.7 Å². The zero-order valence-electron chi connectivity index (χ0n) is 16.8. The molecule has 0 spiro atoms. The highest BCUT2D eigenvalue weighted by Gasteiger charge is 2.31. The number of hydrogen-bond donors (Lipinski definition) is 7. The van der Waals surface area contributed by atoms with Crippen molar-refractivity contribution in [3.63, 3.8) is 0 Å². The van der Waals surface area contributed by atoms with Crippen LogP contribution >= 0.6 is 12.6 Å². The minimum Gasteiger partial charge on any atom is -0.481 e. The molecule has 0 saturated carbocycles. The van der Waals surface area contributed by atoms with E-state index in [2.05, 4.69) is 28.6 Å². The summed E-state index contributed by atoms with van der Waals surface area (Å²) >= 11 is 3.82. The van der Waals surface area contributed by atoms with E-state index in [0.717, 1.165) is 0 Å². The van der Waals surface area contributed by atoms with Crippen LogP contribution < -0.4 is 21.7 Å². The highest BCUT2D eigenvalue weighted by Crippen LogP contribution is 2.05. The first kappa shape index (κ1) is 25.9. The maximum absolute atomic E-state index is 12.8. The third kappa shape index (κ3) is 9.05. The van der Waals surface area contributed by atoms with Crippen molar-refractivity contribution in [2.24, 2.45) is 5.73 Å². The molecule has 0 bridgehead atoms. The summed E-state index contributed by atoms with van der Waals surface area (Å²) in [5, 5.41) is 25.0. The molecule has 0 aromatic heterocycles. The summed E-state index contributed by atoms with van der Waals surface area (Å²) in [5.74, 6) is -5.44. The third-order valence-corrected chi connectivity index (χ3v) is 4.50. The van der Waals surface area contributed by atoms with Crippen molar-refractivity contribution in [3.05, 3.63) is 35.9 Å². The van der Waals surface area contributed by atoms with E-state index in [1.54, 1.807) is 30.3 Å². The van der Waals surface area contributed by atoms with Crippen LogP contribution in [-0.4, -0.2) is 69.8 Å². The molecule has 11 nitrogen and oxygen atoms in total. The number of carboxylic acid groups (broad SMARTS) is 2. The zero-order chi connectivity index (χ0) is 23.6. The number of aliphatic carboxylic acids is 2. The van der Waals surface area contributed by atoms with Gasteiger partial charge in [-0.05, 0) is 12.5 Å². The van der Waals surface area contributed by atoms with Gasteiger partial charge in [-0.1, -0.05) is 30.3 Å². The van der Waals surface area contributed by atoms with E-state index in [1.807, 2.05) is 0 Å². The topological polar surface area (TPSA) is 188 Å². The summed E-state index contributed by atoms with van der Waals surface area (Å²) in [6.45, 7) is 1.43. The molecule has 7 N–H and O–H groups in total. The number of thiol groups is 1. The Balaban J connectivity index is 3.04. The first-order valence-electron chi connectivity index (χ1n) is 9.31. The molecule has 0 fully saturated rings. The van der Waals surface area contributed by atoms with E-state index in [4.69, 9.17) is 15.9 Å². The molecular weight excluding hydrogens is 428 g/mol. The molecule has 1 aromatic carbocycles. The van der Waals surface area contributed by atoms with Crippen molar-refractivity contribution >= 4 is 42.3 Å². The van der Waals surface area contributed by atoms with Gasteiger partial charge in [0.05, 0.1) is 12.5 Å². The van der Waals surface area contributed by atoms with Gasteiger partial charge in [0.1, 0.15) is 18.1 Å². The molecule has 4 unspecified atom stereocenters. The van der Waals surface area contributed by atoms with Crippen LogP contribution in [0.4, 0.5) is 0 Å². The molecule has 0 radical (unpaired) electrons. The Morgan fingerprint density at radius 2 is 1.42 bits per heavy atom. The Labute approximate surface area is 184 Å². The van der Waals surface area contributed by atoms with Crippen LogP contribution in [-0.2, 0) is 30.4 Å². The number of hydrogen-bond acceptors (Lipinski definition) is 7. The lowest BCUT2D eigenvalue weighted by atomic mass is 10.0. The lowest BCUT2D eigenvalue weighted by Gasteiger charge is -2.24. The highest BCUT2D eigenvalue weighted by molar-refractivity contribution is 7.80. The number of nitrogens with two attached hydrogens (primary N) is 1. The van der Waals surface area contributed by atoms with Crippen LogP contribution in [0.5, 0.6) is 0 Å². The fourth-order valence-electron chi connectivity index (χ4n) is 2.48. The lowest BCUT2D eigenvalue weighted by Crippen LogP contribution is -2.58. The van der Waals surface area contributed by atoms with E-state index in [1.165, 1.54) is 6.92 Å². The standard InChI is InChI=1S/C19H26N4O7S/c1-10(20)16(26)21-12(7-11-5-3-2-4-6-11)17(27)22-13(8-15(24)25)18(28)23-14(9-31)19(29)30/h2-6,10,12-14,31H,7-9,20H2,1H3,(H,21,26)(H,22,27)(H,23,28)(H,24,25)(H,29,30). The Morgan fingerprint density at radius 3 is 1.90 bits per heavy atom. The molecule has 3 amide bonds. The van der Waals surface area contributed by atoms with Gasteiger partial charge in [-0.2, -0.15) is 12.6 Å². The first-order valence-corrected chi connectivity index (χ1v) is 9.94. The van der Waals surface area contributed by atoms with E-state index in [-0.39, 0.29) is 12.2 Å². The minimum absolute atomic E-state index is 0.0565. The quantitative estimate of drug-likeness (QED) is 0.186. The fourth-order valence-corrected chi connectivity index (χ4v) is 2.72. The summed E-state index contributed by atoms with van der Waals surface area (Å²) in [5.41, 5.74) is 6.24. The summed E-state index contributed by atoms with van der Waals surface area (Å²) in [7, 11) is 0. The maximum Gasteiger partial charge on any atom is 0.327 e. The maximum atomic E-state index is 12.8. The van der Waals surface area contributed by atoms with Crippen molar-refractivity contribution < 1.29 is 34.2 Å². The Bertz CT molecular complexity index is 804. The van der Waals surface area contributed by atoms with Gasteiger partial charge in [-0.15, -0.1) is 0 Å². The van der Waals surface area contributed by atoms with Crippen molar-refractivity contribution in [1.82, 2.24) is 16.0 Å². The highest BCUT2D eigenvalue weighted by atomic mass is 32.1. The number of amides is 3. The zero-order valence-corrected chi connectivity index (χ0v) is 17.7. The molecule has 0 aliphatic rings. The lowest BCUT2D eigenvalue weighted by molar-refractivity contribution is -0.143. The van der Waals surface area contributed by atoms with Crippen molar-refractivity contribution in [3.8, 4) is 0 Å². The predicted molar refractivity (Wildman–Crippen MR) is 113 cm³/mol. The average molecular weight is 455 g/mol. The van der Waals surface area contributed by atoms with Gasteiger partial charge in [0.25, 0.3) is 0 Å². The van der Waals surface area contributed by atoms with Gasteiger partial charge >= 0.3 is 11.9 Å². The van der Waals surface area contributed by atoms with Gasteiger partial charge in [0.15, 0.2) is 0 Å². The Morgan fingerprint density at radius 1 is 0.903 bits per heavy atom. The summed E-state index contributed by atoms with van der Waals surface area (Å²) in [6, 6.07) is 3.70. The molecule has 1 rings (SSSR count). The smallest absolute Gasteiger partial charge is 0.327 e. The molecule has 170 valence electrons. The SMILES string of the molecule is CC(N)C(=O)NC(Cc1ccccc1)C(=O)NC(CC(=O)O)C(=O)NC(CS)C(=O)O. The van der Waals surface area contributed by atoms with E-state index in [0.29, 0.717) is 5.56 Å². The molecule has 0 aliphatic heterocycles. The average Bonchev–Trinajstić information content (AvgIpc) is 2.70. The van der Waals surface area contributed by atoms with E-state index in [9.17, 15) is 24.0 Å². The number of benzene rings is 1. The molecule has 0 saturated heterocycles. The number of nitrogens with one attached hydrogen (secondary N) is 3. The Hall–Kier alpha value is -3.12. The Kier molecular flexibility index (Phi) is 10.5. The van der Waals surface area contributed by atoms with Crippen molar-refractivity contribution in [2.75, 3.05) is 5.75 Å². The minimum atomic E-state index is -1.57. The first-order chi connectivity index (χ1) is 14.5. The number of carbonyl (C=O) groups excluding carboxylic acids is 3. The van der Waals surface area contributed by atoms with Gasteiger partial charge in [-0.25, -0.2) is 4.79 Å². The third-order valence-electron chi connectivity index (χ3n) is 4.14. The number of carboxylic acids is 2. The largest absolute Gasteiger partial charge is 0.481 e. The van der Waals surface area contributed by atoms with E-state index < -0.39 is 60.2 Å². The second-order valence-electron chi connectivity index (χ2n) is 6.78. The predicted octanol–water partition coefficient (Wildman–Crippen LogP) is -1.48. The summed E-state index contributed by atoms with van der Waals surface area (Å²) in [6.07, 6.45) is -0.739. The van der Waals surface area contributed by atoms with Crippen LogP contribution in [0.25, 0.3) is 0 Å². The van der Waals surface area contributed by atoms with Crippen LogP contribution in [0.1, 0.15) is 18.9 Å². The molecule has 0 heterocycles. The second kappa shape index (κ2) is 12.5. The molecule has 12 heteroatoms. The van der Waals surface area contributed by atoms with Crippen molar-refractivity contribution in [2.45, 2.75) is 43.9 Å². The molecule has 4 atom stereocenters. The number of rotatable bonds is 12. The van der Waals surface area contributed by atoms with Crippen LogP contribution in [0, 0.1) is 0 Å². The van der Waals surface area contributed by atoms with Crippen LogP contribution in [0.15, 0.2) is 30.3 Å². The second-order valence-corrected chi connectivity index (χ2v) is 7.15. The molecule has 0 aliphatic carbocycles. The van der Waals surface area contributed by atoms with Crippen LogP contribution in [0.2, 0.25) is 0 Å². The summed E-state index contributed by atoms with van der Waals surface area (Å²) < 4.78 is 0. The normalized spacial score (nSPS) is 14.4. The van der Waals surface area contributed by atoms with Gasteiger partial charge < -0.3 is 31.9 Å². The summed E-state index contributed by atoms with van der Waals surface area (Å²) in [4.78, 5) is 59.5.